The van der Waals surface area contributed by atoms with Gasteiger partial charge in [-0.2, -0.15) is 5.10 Å². The van der Waals surface area contributed by atoms with Gasteiger partial charge in [0.25, 0.3) is 11.8 Å². The van der Waals surface area contributed by atoms with Crippen LogP contribution < -0.4 is 16.1 Å². The molecule has 0 aliphatic rings. The lowest BCUT2D eigenvalue weighted by Crippen LogP contribution is -2.36. The zero-order valence-electron chi connectivity index (χ0n) is 19.8. The van der Waals surface area contributed by atoms with E-state index in [9.17, 15) is 14.4 Å². The van der Waals surface area contributed by atoms with Crippen LogP contribution in [0.5, 0.6) is 0 Å². The maximum atomic E-state index is 13.1. The van der Waals surface area contributed by atoms with Gasteiger partial charge in [0.05, 0.1) is 18.0 Å². The van der Waals surface area contributed by atoms with Crippen molar-refractivity contribution in [2.75, 3.05) is 0 Å². The number of amides is 2. The lowest BCUT2D eigenvalue weighted by molar-refractivity contribution is 0.0933. The van der Waals surface area contributed by atoms with Crippen LogP contribution in [-0.2, 0) is 6.54 Å². The van der Waals surface area contributed by atoms with E-state index >= 15 is 0 Å². The Morgan fingerprint density at radius 3 is 2.31 bits per heavy atom. The fourth-order valence-electron chi connectivity index (χ4n) is 3.57. The summed E-state index contributed by atoms with van der Waals surface area (Å²) in [6.45, 7) is 5.79. The minimum atomic E-state index is -0.627. The Balaban J connectivity index is 1.52. The fraction of sp³-hybridized carbons (Fsp3) is 0.231. The zero-order chi connectivity index (χ0) is 24.9. The van der Waals surface area contributed by atoms with Gasteiger partial charge in [0.1, 0.15) is 16.9 Å². The first-order valence-corrected chi connectivity index (χ1v) is 11.3. The van der Waals surface area contributed by atoms with Crippen LogP contribution in [0, 0.1) is 0 Å². The Morgan fingerprint density at radius 2 is 1.71 bits per heavy atom. The van der Waals surface area contributed by atoms with Gasteiger partial charge in [-0.3, -0.25) is 14.4 Å². The smallest absolute Gasteiger partial charge is 0.257 e. The molecule has 0 fully saturated rings. The van der Waals surface area contributed by atoms with E-state index in [1.54, 1.807) is 34.5 Å². The number of nitrogens with one attached hydrogen (secondary N) is 2. The summed E-state index contributed by atoms with van der Waals surface area (Å²) in [6.07, 6.45) is 8.01. The van der Waals surface area contributed by atoms with Crippen molar-refractivity contribution in [2.24, 2.45) is 0 Å². The molecule has 4 rings (SSSR count). The molecular weight excluding hydrogens is 446 g/mol. The van der Waals surface area contributed by atoms with Gasteiger partial charge >= 0.3 is 0 Å². The molecule has 3 heterocycles. The summed E-state index contributed by atoms with van der Waals surface area (Å²) in [7, 11) is 0. The van der Waals surface area contributed by atoms with Crippen molar-refractivity contribution in [1.82, 2.24) is 25.0 Å². The molecule has 3 aromatic heterocycles. The average Bonchev–Trinajstić information content (AvgIpc) is 3.57. The molecule has 0 aliphatic heterocycles. The third-order valence-electron chi connectivity index (χ3n) is 5.61. The van der Waals surface area contributed by atoms with E-state index in [2.05, 4.69) is 15.7 Å². The molecule has 0 aliphatic carbocycles. The molecule has 9 nitrogen and oxygen atoms in total. The van der Waals surface area contributed by atoms with Gasteiger partial charge in [-0.05, 0) is 56.7 Å². The lowest BCUT2D eigenvalue weighted by atomic mass is 10.1. The Labute approximate surface area is 202 Å². The van der Waals surface area contributed by atoms with E-state index in [0.29, 0.717) is 5.76 Å². The minimum Gasteiger partial charge on any atom is -0.467 e. The summed E-state index contributed by atoms with van der Waals surface area (Å²) < 4.78 is 8.74. The van der Waals surface area contributed by atoms with Crippen LogP contribution in [0.25, 0.3) is 5.69 Å². The van der Waals surface area contributed by atoms with E-state index in [0.717, 1.165) is 11.3 Å². The third kappa shape index (κ3) is 5.40. The van der Waals surface area contributed by atoms with Crippen LogP contribution in [0.3, 0.4) is 0 Å². The molecule has 2 amide bonds. The van der Waals surface area contributed by atoms with Crippen molar-refractivity contribution in [3.05, 3.63) is 106 Å². The number of carbonyl (C=O) groups excluding carboxylic acids is 2. The van der Waals surface area contributed by atoms with Crippen molar-refractivity contribution < 1.29 is 14.0 Å². The first kappa shape index (κ1) is 23.7. The normalized spacial score (nSPS) is 11.9. The molecule has 180 valence electrons. The van der Waals surface area contributed by atoms with E-state index in [1.165, 1.54) is 18.7 Å². The van der Waals surface area contributed by atoms with Crippen LogP contribution >= 0.6 is 0 Å². The molecule has 0 radical (unpaired) electrons. The van der Waals surface area contributed by atoms with Gasteiger partial charge < -0.3 is 19.6 Å². The number of hydrogen-bond acceptors (Lipinski definition) is 5. The second kappa shape index (κ2) is 10.3. The standard InChI is InChI=1S/C26H27N5O4/c1-17(2)30-15-21(24(32)22(16-30)26(34)29-18(3)23-6-4-13-35-23)25(33)27-14-19-7-9-20(10-8-19)31-12-5-11-28-31/h4-13,15-18H,14H2,1-3H3,(H,27,33)(H,29,34)/t18-/m0/s1. The maximum absolute atomic E-state index is 13.1. The molecule has 9 heteroatoms. The Kier molecular flexibility index (Phi) is 6.96. The molecule has 1 atom stereocenters. The van der Waals surface area contributed by atoms with E-state index in [-0.39, 0.29) is 23.7 Å². The predicted octanol–water partition coefficient (Wildman–Crippen LogP) is 3.63. The first-order valence-electron chi connectivity index (χ1n) is 11.3. The Hall–Kier alpha value is -4.40. The summed E-state index contributed by atoms with van der Waals surface area (Å²) >= 11 is 0. The second-order valence-electron chi connectivity index (χ2n) is 8.47. The van der Waals surface area contributed by atoms with E-state index < -0.39 is 23.3 Å². The molecule has 35 heavy (non-hydrogen) atoms. The van der Waals surface area contributed by atoms with Gasteiger partial charge in [0.15, 0.2) is 0 Å². The van der Waals surface area contributed by atoms with Crippen molar-refractivity contribution in [2.45, 2.75) is 39.4 Å². The highest BCUT2D eigenvalue weighted by Gasteiger charge is 2.22. The summed E-state index contributed by atoms with van der Waals surface area (Å²) in [5.74, 6) is -0.554. The Bertz CT molecular complexity index is 1350. The molecular formula is C26H27N5O4. The number of rotatable bonds is 8. The van der Waals surface area contributed by atoms with Crippen LogP contribution in [0.2, 0.25) is 0 Å². The minimum absolute atomic E-state index is 0.0639. The topological polar surface area (TPSA) is 111 Å². The summed E-state index contributed by atoms with van der Waals surface area (Å²) in [5, 5.41) is 9.73. The fourth-order valence-corrected chi connectivity index (χ4v) is 3.57. The monoisotopic (exact) mass is 473 g/mol. The third-order valence-corrected chi connectivity index (χ3v) is 5.61. The zero-order valence-corrected chi connectivity index (χ0v) is 19.8. The number of aromatic nitrogens is 3. The Morgan fingerprint density at radius 1 is 1.00 bits per heavy atom. The maximum Gasteiger partial charge on any atom is 0.257 e. The number of hydrogen-bond donors (Lipinski definition) is 2. The highest BCUT2D eigenvalue weighted by Crippen LogP contribution is 2.14. The molecule has 0 spiro atoms. The van der Waals surface area contributed by atoms with Crippen molar-refractivity contribution in [3.63, 3.8) is 0 Å². The quantitative estimate of drug-likeness (QED) is 0.406. The van der Waals surface area contributed by atoms with Crippen molar-refractivity contribution in [1.29, 1.82) is 0 Å². The summed E-state index contributed by atoms with van der Waals surface area (Å²) in [5.41, 5.74) is 0.933. The summed E-state index contributed by atoms with van der Waals surface area (Å²) in [6, 6.07) is 12.3. The number of carbonyl (C=O) groups is 2. The first-order chi connectivity index (χ1) is 16.8. The molecule has 0 unspecified atom stereocenters. The van der Waals surface area contributed by atoms with Gasteiger partial charge in [-0.1, -0.05) is 12.1 Å². The van der Waals surface area contributed by atoms with Crippen molar-refractivity contribution >= 4 is 11.8 Å². The molecule has 0 saturated carbocycles. The van der Waals surface area contributed by atoms with Gasteiger partial charge in [0.2, 0.25) is 5.43 Å². The highest BCUT2D eigenvalue weighted by molar-refractivity contribution is 5.99. The number of pyridine rings is 1. The molecule has 0 saturated heterocycles. The molecule has 1 aromatic carbocycles. The predicted molar refractivity (Wildman–Crippen MR) is 130 cm³/mol. The number of benzene rings is 1. The second-order valence-corrected chi connectivity index (χ2v) is 8.47. The van der Waals surface area contributed by atoms with Gasteiger partial charge in [-0.25, -0.2) is 4.68 Å². The number of nitrogens with zero attached hydrogens (tertiary/aromatic N) is 3. The average molecular weight is 474 g/mol. The van der Waals surface area contributed by atoms with Crippen LogP contribution in [0.15, 0.2) is 82.7 Å². The van der Waals surface area contributed by atoms with E-state index in [4.69, 9.17) is 4.42 Å². The molecule has 0 bridgehead atoms. The van der Waals surface area contributed by atoms with Gasteiger partial charge in [-0.15, -0.1) is 0 Å². The summed E-state index contributed by atoms with van der Waals surface area (Å²) in [4.78, 5) is 39.0. The SMILES string of the molecule is CC(C)n1cc(C(=O)NCc2ccc(-n3cccn3)cc2)c(=O)c(C(=O)N[C@@H](C)c2ccco2)c1. The van der Waals surface area contributed by atoms with Crippen LogP contribution in [0.4, 0.5) is 0 Å². The van der Waals surface area contributed by atoms with Gasteiger partial charge in [0, 0.05) is 37.4 Å². The van der Waals surface area contributed by atoms with Crippen molar-refractivity contribution in [3.8, 4) is 5.69 Å². The number of furan rings is 1. The largest absolute Gasteiger partial charge is 0.467 e. The lowest BCUT2D eigenvalue weighted by Gasteiger charge is -2.16. The highest BCUT2D eigenvalue weighted by atomic mass is 16.3. The molecule has 4 aromatic rings. The molecule has 2 N–H and O–H groups in total. The van der Waals surface area contributed by atoms with E-state index in [1.807, 2.05) is 50.4 Å². The van der Waals surface area contributed by atoms with Crippen LogP contribution in [0.1, 0.15) is 64.9 Å². The van der Waals surface area contributed by atoms with Crippen LogP contribution in [-0.4, -0.2) is 26.2 Å².